The number of benzene rings is 1. The molecule has 1 aromatic carbocycles. The number of carboxylic acids is 1. The normalized spacial score (nSPS) is 11.4. The molecular weight excluding hydrogens is 192 g/mol. The van der Waals surface area contributed by atoms with Gasteiger partial charge in [-0.25, -0.2) is 4.79 Å². The molecule has 3 heteroatoms. The van der Waals surface area contributed by atoms with Crippen molar-refractivity contribution in [3.05, 3.63) is 47.5 Å². The Morgan fingerprint density at radius 1 is 1.27 bits per heavy atom. The molecule has 0 aliphatic rings. The maximum Gasteiger partial charge on any atom is 0.333 e. The first-order chi connectivity index (χ1) is 7.24. The predicted molar refractivity (Wildman–Crippen MR) is 57.6 cm³/mol. The molecule has 3 nitrogen and oxygen atoms in total. The predicted octanol–water partition coefficient (Wildman–Crippen LogP) is 1.62. The van der Waals surface area contributed by atoms with Crippen molar-refractivity contribution in [2.24, 2.45) is 0 Å². The number of hydrogen-bond acceptors (Lipinski definition) is 2. The molecule has 0 spiro atoms. The molecule has 0 aliphatic heterocycles. The second-order valence-corrected chi connectivity index (χ2v) is 3.22. The van der Waals surface area contributed by atoms with Gasteiger partial charge < -0.3 is 10.2 Å². The molecule has 0 bridgehead atoms. The van der Waals surface area contributed by atoms with Crippen LogP contribution in [0.1, 0.15) is 12.0 Å². The van der Waals surface area contributed by atoms with Gasteiger partial charge in [0.05, 0.1) is 12.2 Å². The van der Waals surface area contributed by atoms with E-state index in [2.05, 4.69) is 0 Å². The summed E-state index contributed by atoms with van der Waals surface area (Å²) in [6.45, 7) is -0.413. The molecule has 0 saturated heterocycles. The van der Waals surface area contributed by atoms with E-state index in [9.17, 15) is 4.79 Å². The summed E-state index contributed by atoms with van der Waals surface area (Å²) in [4.78, 5) is 10.5. The number of aliphatic hydroxyl groups excluding tert-OH is 1. The third-order valence-electron chi connectivity index (χ3n) is 2.11. The standard InChI is InChI=1S/C12H14O3/c13-9-11(12(14)15)8-4-7-10-5-2-1-3-6-10/h1-3,5-6,8,13H,4,7,9H2,(H,14,15). The molecule has 0 aliphatic carbocycles. The molecule has 0 atom stereocenters. The molecule has 1 rings (SSSR count). The van der Waals surface area contributed by atoms with Gasteiger partial charge in [0.1, 0.15) is 0 Å². The van der Waals surface area contributed by atoms with Crippen LogP contribution in [0, 0.1) is 0 Å². The van der Waals surface area contributed by atoms with Gasteiger partial charge in [-0.05, 0) is 18.4 Å². The minimum atomic E-state index is -1.05. The van der Waals surface area contributed by atoms with E-state index in [0.29, 0.717) is 6.42 Å². The summed E-state index contributed by atoms with van der Waals surface area (Å²) in [6, 6.07) is 9.82. The Hall–Kier alpha value is -1.61. The summed E-state index contributed by atoms with van der Waals surface area (Å²) >= 11 is 0. The van der Waals surface area contributed by atoms with Crippen LogP contribution in [-0.4, -0.2) is 22.8 Å². The first-order valence-corrected chi connectivity index (χ1v) is 4.81. The second-order valence-electron chi connectivity index (χ2n) is 3.22. The Morgan fingerprint density at radius 3 is 2.47 bits per heavy atom. The lowest BCUT2D eigenvalue weighted by atomic mass is 10.1. The Morgan fingerprint density at radius 2 is 1.93 bits per heavy atom. The number of rotatable bonds is 5. The van der Waals surface area contributed by atoms with Gasteiger partial charge in [-0.3, -0.25) is 0 Å². The van der Waals surface area contributed by atoms with Crippen molar-refractivity contribution >= 4 is 5.97 Å². The lowest BCUT2D eigenvalue weighted by Gasteiger charge is -1.99. The Labute approximate surface area is 88.7 Å². The number of allylic oxidation sites excluding steroid dienone is 1. The summed E-state index contributed by atoms with van der Waals surface area (Å²) in [5, 5.41) is 17.4. The third kappa shape index (κ3) is 3.95. The average molecular weight is 206 g/mol. The fourth-order valence-corrected chi connectivity index (χ4v) is 1.28. The molecule has 0 unspecified atom stereocenters. The van der Waals surface area contributed by atoms with Crippen molar-refractivity contribution in [1.82, 2.24) is 0 Å². The summed E-state index contributed by atoms with van der Waals surface area (Å²) in [5.74, 6) is -1.05. The zero-order valence-electron chi connectivity index (χ0n) is 8.39. The first kappa shape index (κ1) is 11.5. The number of aliphatic hydroxyl groups is 1. The van der Waals surface area contributed by atoms with Crippen LogP contribution < -0.4 is 0 Å². The molecule has 80 valence electrons. The fraction of sp³-hybridized carbons (Fsp3) is 0.250. The SMILES string of the molecule is O=C(O)C(=CCCc1ccccc1)CO. The van der Waals surface area contributed by atoms with Crippen LogP contribution in [0.4, 0.5) is 0 Å². The van der Waals surface area contributed by atoms with Crippen molar-refractivity contribution in [1.29, 1.82) is 0 Å². The molecular formula is C12H14O3. The monoisotopic (exact) mass is 206 g/mol. The van der Waals surface area contributed by atoms with Crippen LogP contribution in [0.15, 0.2) is 42.0 Å². The van der Waals surface area contributed by atoms with E-state index in [1.54, 1.807) is 6.08 Å². The van der Waals surface area contributed by atoms with E-state index in [0.717, 1.165) is 12.0 Å². The Kier molecular flexibility index (Phi) is 4.57. The summed E-state index contributed by atoms with van der Waals surface area (Å²) < 4.78 is 0. The summed E-state index contributed by atoms with van der Waals surface area (Å²) in [6.07, 6.45) is 2.99. The number of aliphatic carboxylic acids is 1. The van der Waals surface area contributed by atoms with Crippen LogP contribution in [0.2, 0.25) is 0 Å². The molecule has 0 radical (unpaired) electrons. The summed E-state index contributed by atoms with van der Waals surface area (Å²) in [5.41, 5.74) is 1.22. The molecule has 0 heterocycles. The fourth-order valence-electron chi connectivity index (χ4n) is 1.28. The average Bonchev–Trinajstić information content (AvgIpc) is 2.25. The van der Waals surface area contributed by atoms with E-state index in [1.165, 1.54) is 0 Å². The molecule has 0 aromatic heterocycles. The smallest absolute Gasteiger partial charge is 0.333 e. The summed E-state index contributed by atoms with van der Waals surface area (Å²) in [7, 11) is 0. The van der Waals surface area contributed by atoms with E-state index in [-0.39, 0.29) is 5.57 Å². The maximum atomic E-state index is 10.5. The van der Waals surface area contributed by atoms with Gasteiger partial charge in [-0.2, -0.15) is 0 Å². The van der Waals surface area contributed by atoms with Crippen molar-refractivity contribution in [3.63, 3.8) is 0 Å². The zero-order valence-corrected chi connectivity index (χ0v) is 8.39. The van der Waals surface area contributed by atoms with Gasteiger partial charge in [0.2, 0.25) is 0 Å². The van der Waals surface area contributed by atoms with Crippen LogP contribution in [0.25, 0.3) is 0 Å². The van der Waals surface area contributed by atoms with Gasteiger partial charge in [0.15, 0.2) is 0 Å². The lowest BCUT2D eigenvalue weighted by molar-refractivity contribution is -0.133. The van der Waals surface area contributed by atoms with E-state index >= 15 is 0 Å². The number of aryl methyl sites for hydroxylation is 1. The molecule has 15 heavy (non-hydrogen) atoms. The lowest BCUT2D eigenvalue weighted by Crippen LogP contribution is -2.04. The van der Waals surface area contributed by atoms with Gasteiger partial charge in [0.25, 0.3) is 0 Å². The van der Waals surface area contributed by atoms with Gasteiger partial charge >= 0.3 is 5.97 Å². The van der Waals surface area contributed by atoms with Crippen LogP contribution in [-0.2, 0) is 11.2 Å². The van der Waals surface area contributed by atoms with Crippen molar-refractivity contribution in [3.8, 4) is 0 Å². The molecule has 0 saturated carbocycles. The van der Waals surface area contributed by atoms with Gasteiger partial charge in [-0.1, -0.05) is 36.4 Å². The second kappa shape index (κ2) is 5.98. The Bertz CT molecular complexity index is 341. The van der Waals surface area contributed by atoms with Crippen LogP contribution in [0.5, 0.6) is 0 Å². The third-order valence-corrected chi connectivity index (χ3v) is 2.11. The Balaban J connectivity index is 2.48. The van der Waals surface area contributed by atoms with Crippen molar-refractivity contribution in [2.75, 3.05) is 6.61 Å². The minimum Gasteiger partial charge on any atom is -0.478 e. The zero-order chi connectivity index (χ0) is 11.1. The van der Waals surface area contributed by atoms with Gasteiger partial charge in [-0.15, -0.1) is 0 Å². The van der Waals surface area contributed by atoms with E-state index < -0.39 is 12.6 Å². The highest BCUT2D eigenvalue weighted by atomic mass is 16.4. The minimum absolute atomic E-state index is 0.0610. The molecule has 0 fully saturated rings. The molecule has 2 N–H and O–H groups in total. The van der Waals surface area contributed by atoms with Crippen LogP contribution in [0.3, 0.4) is 0 Å². The quantitative estimate of drug-likeness (QED) is 0.720. The number of carboxylic acid groups (broad SMARTS) is 1. The first-order valence-electron chi connectivity index (χ1n) is 4.81. The van der Waals surface area contributed by atoms with E-state index in [1.807, 2.05) is 30.3 Å². The van der Waals surface area contributed by atoms with Crippen LogP contribution >= 0.6 is 0 Å². The topological polar surface area (TPSA) is 57.5 Å². The highest BCUT2D eigenvalue weighted by Crippen LogP contribution is 2.04. The molecule has 1 aromatic rings. The van der Waals surface area contributed by atoms with Crippen molar-refractivity contribution < 1.29 is 15.0 Å². The highest BCUT2D eigenvalue weighted by molar-refractivity contribution is 5.86. The largest absolute Gasteiger partial charge is 0.478 e. The van der Waals surface area contributed by atoms with E-state index in [4.69, 9.17) is 10.2 Å². The number of carbonyl (C=O) groups is 1. The molecule has 0 amide bonds. The van der Waals surface area contributed by atoms with Gasteiger partial charge in [0, 0.05) is 0 Å². The highest BCUT2D eigenvalue weighted by Gasteiger charge is 2.03. The maximum absolute atomic E-state index is 10.5. The van der Waals surface area contributed by atoms with Crippen molar-refractivity contribution in [2.45, 2.75) is 12.8 Å². The number of hydrogen-bond donors (Lipinski definition) is 2.